The predicted molar refractivity (Wildman–Crippen MR) is 103 cm³/mol. The summed E-state index contributed by atoms with van der Waals surface area (Å²) in [4.78, 5) is 4.06. The third kappa shape index (κ3) is 3.66. The number of nitrogen functional groups attached to an aromatic ring is 3. The number of anilines is 3. The summed E-state index contributed by atoms with van der Waals surface area (Å²) < 4.78 is 1.82. The van der Waals surface area contributed by atoms with Crippen molar-refractivity contribution in [3.05, 3.63) is 71.6 Å². The van der Waals surface area contributed by atoms with Crippen molar-refractivity contribution in [3.8, 4) is 0 Å². The number of aliphatic hydroxyl groups excluding tert-OH is 1. The first-order valence-electron chi connectivity index (χ1n) is 8.03. The zero-order chi connectivity index (χ0) is 18.5. The summed E-state index contributed by atoms with van der Waals surface area (Å²) in [5, 5.41) is 13.9. The maximum absolute atomic E-state index is 9.46. The van der Waals surface area contributed by atoms with Crippen molar-refractivity contribution in [2.24, 2.45) is 5.84 Å². The van der Waals surface area contributed by atoms with Crippen molar-refractivity contribution in [3.63, 3.8) is 0 Å². The molecule has 0 atom stereocenters. The van der Waals surface area contributed by atoms with Crippen LogP contribution in [0.1, 0.15) is 16.7 Å². The number of pyridine rings is 1. The second kappa shape index (κ2) is 7.68. The molecule has 8 heteroatoms. The second-order valence-electron chi connectivity index (χ2n) is 5.71. The Kier molecular flexibility index (Phi) is 5.16. The number of aliphatic hydroxyl groups is 1. The van der Waals surface area contributed by atoms with E-state index < -0.39 is 0 Å². The molecule has 3 rings (SSSR count). The normalized spacial score (nSPS) is 11.5. The number of hydrogen-bond acceptors (Lipinski definition) is 7. The van der Waals surface area contributed by atoms with E-state index in [9.17, 15) is 5.11 Å². The van der Waals surface area contributed by atoms with Crippen LogP contribution in [0.15, 0.2) is 54.9 Å². The Morgan fingerprint density at radius 2 is 2.00 bits per heavy atom. The zero-order valence-electron chi connectivity index (χ0n) is 14.1. The SMILES string of the molecule is NNc1nc(N)cc(/C(=C/CO)c2cnn(Cc3ccccc3)c2)c1N. The molecular formula is C18H21N7O. The van der Waals surface area contributed by atoms with Crippen LogP contribution in [0, 0.1) is 0 Å². The van der Waals surface area contributed by atoms with Crippen molar-refractivity contribution in [2.45, 2.75) is 6.54 Å². The van der Waals surface area contributed by atoms with E-state index in [0.717, 1.165) is 11.1 Å². The Morgan fingerprint density at radius 3 is 2.69 bits per heavy atom. The Labute approximate surface area is 150 Å². The predicted octanol–water partition coefficient (Wildman–Crippen LogP) is 1.20. The molecule has 0 aliphatic rings. The number of benzene rings is 1. The summed E-state index contributed by atoms with van der Waals surface area (Å²) in [7, 11) is 0. The first-order chi connectivity index (χ1) is 12.6. The molecule has 2 aromatic heterocycles. The summed E-state index contributed by atoms with van der Waals surface area (Å²) >= 11 is 0. The van der Waals surface area contributed by atoms with E-state index in [1.165, 1.54) is 0 Å². The molecule has 26 heavy (non-hydrogen) atoms. The number of hydrazine groups is 1. The van der Waals surface area contributed by atoms with Gasteiger partial charge in [-0.15, -0.1) is 0 Å². The second-order valence-corrected chi connectivity index (χ2v) is 5.71. The van der Waals surface area contributed by atoms with Gasteiger partial charge in [0.15, 0.2) is 5.82 Å². The van der Waals surface area contributed by atoms with Crippen LogP contribution in [-0.4, -0.2) is 26.5 Å². The molecule has 0 amide bonds. The van der Waals surface area contributed by atoms with Crippen molar-refractivity contribution in [2.75, 3.05) is 23.5 Å². The largest absolute Gasteiger partial charge is 0.395 e. The number of aromatic nitrogens is 3. The van der Waals surface area contributed by atoms with Crippen LogP contribution >= 0.6 is 0 Å². The number of nitrogens with two attached hydrogens (primary N) is 3. The number of rotatable bonds is 6. The van der Waals surface area contributed by atoms with Gasteiger partial charge in [-0.05, 0) is 17.2 Å². The highest BCUT2D eigenvalue weighted by atomic mass is 16.2. The molecule has 134 valence electrons. The van der Waals surface area contributed by atoms with E-state index in [-0.39, 0.29) is 18.2 Å². The molecule has 0 unspecified atom stereocenters. The standard InChI is InChI=1S/C18H21N7O/c19-16-8-15(17(20)18(23-16)24-21)14(6-7-26)13-9-22-25(11-13)10-12-4-2-1-3-5-12/h1-6,8-9,11,26H,7,10,20-21H2,(H3,19,23,24)/b14-6+. The fourth-order valence-electron chi connectivity index (χ4n) is 2.74. The van der Waals surface area contributed by atoms with Gasteiger partial charge in [0.25, 0.3) is 0 Å². The Balaban J connectivity index is 1.98. The monoisotopic (exact) mass is 351 g/mol. The van der Waals surface area contributed by atoms with Gasteiger partial charge >= 0.3 is 0 Å². The summed E-state index contributed by atoms with van der Waals surface area (Å²) in [6.07, 6.45) is 5.26. The molecule has 3 aromatic rings. The number of nitrogens with one attached hydrogen (secondary N) is 1. The molecule has 0 spiro atoms. The Bertz CT molecular complexity index is 919. The maximum Gasteiger partial charge on any atom is 0.166 e. The van der Waals surface area contributed by atoms with E-state index in [1.807, 2.05) is 41.2 Å². The van der Waals surface area contributed by atoms with Gasteiger partial charge in [0.05, 0.1) is 25.0 Å². The Hall–Kier alpha value is -3.36. The average molecular weight is 351 g/mol. The molecule has 0 aliphatic heterocycles. The quantitative estimate of drug-likeness (QED) is 0.332. The minimum atomic E-state index is -0.160. The van der Waals surface area contributed by atoms with Crippen LogP contribution in [0.5, 0.6) is 0 Å². The molecule has 0 radical (unpaired) electrons. The molecule has 0 saturated carbocycles. The first-order valence-corrected chi connectivity index (χ1v) is 8.03. The zero-order valence-corrected chi connectivity index (χ0v) is 14.1. The first kappa shape index (κ1) is 17.5. The minimum Gasteiger partial charge on any atom is -0.395 e. The average Bonchev–Trinajstić information content (AvgIpc) is 3.10. The van der Waals surface area contributed by atoms with Crippen molar-refractivity contribution in [1.29, 1.82) is 0 Å². The summed E-state index contributed by atoms with van der Waals surface area (Å²) in [5.41, 5.74) is 18.0. The highest BCUT2D eigenvalue weighted by molar-refractivity contribution is 5.89. The third-order valence-electron chi connectivity index (χ3n) is 3.93. The van der Waals surface area contributed by atoms with Crippen molar-refractivity contribution in [1.82, 2.24) is 14.8 Å². The van der Waals surface area contributed by atoms with E-state index in [0.29, 0.717) is 23.4 Å². The maximum atomic E-state index is 9.46. The van der Waals surface area contributed by atoms with Crippen LogP contribution in [0.3, 0.4) is 0 Å². The van der Waals surface area contributed by atoms with E-state index in [2.05, 4.69) is 15.5 Å². The smallest absolute Gasteiger partial charge is 0.166 e. The van der Waals surface area contributed by atoms with E-state index >= 15 is 0 Å². The molecule has 2 heterocycles. The summed E-state index contributed by atoms with van der Waals surface area (Å²) in [5.74, 6) is 6.00. The van der Waals surface area contributed by atoms with Crippen molar-refractivity contribution < 1.29 is 5.11 Å². The van der Waals surface area contributed by atoms with Crippen LogP contribution < -0.4 is 22.7 Å². The lowest BCUT2D eigenvalue weighted by Gasteiger charge is -2.13. The lowest BCUT2D eigenvalue weighted by Crippen LogP contribution is -2.13. The molecule has 8 nitrogen and oxygen atoms in total. The number of nitrogens with zero attached hydrogens (tertiary/aromatic N) is 3. The molecular weight excluding hydrogens is 330 g/mol. The highest BCUT2D eigenvalue weighted by Gasteiger charge is 2.15. The van der Waals surface area contributed by atoms with E-state index in [4.69, 9.17) is 17.3 Å². The van der Waals surface area contributed by atoms with Crippen LogP contribution in [-0.2, 0) is 6.54 Å². The molecule has 0 bridgehead atoms. The topological polar surface area (TPSA) is 141 Å². The van der Waals surface area contributed by atoms with Crippen LogP contribution in [0.25, 0.3) is 5.57 Å². The lowest BCUT2D eigenvalue weighted by molar-refractivity contribution is 0.343. The molecule has 0 fully saturated rings. The van der Waals surface area contributed by atoms with Crippen LogP contribution in [0.2, 0.25) is 0 Å². The van der Waals surface area contributed by atoms with Gasteiger partial charge in [-0.25, -0.2) is 10.8 Å². The van der Waals surface area contributed by atoms with Gasteiger partial charge in [-0.1, -0.05) is 36.4 Å². The fraction of sp³-hybridized carbons (Fsp3) is 0.111. The van der Waals surface area contributed by atoms with E-state index in [1.54, 1.807) is 18.3 Å². The van der Waals surface area contributed by atoms with Gasteiger partial charge in [0, 0.05) is 17.3 Å². The molecule has 0 saturated heterocycles. The Morgan fingerprint density at radius 1 is 1.23 bits per heavy atom. The molecule has 8 N–H and O–H groups in total. The molecule has 0 aliphatic carbocycles. The summed E-state index contributed by atoms with van der Waals surface area (Å²) in [6, 6.07) is 11.7. The van der Waals surface area contributed by atoms with Crippen molar-refractivity contribution >= 4 is 22.9 Å². The van der Waals surface area contributed by atoms with Crippen LogP contribution in [0.4, 0.5) is 17.3 Å². The summed E-state index contributed by atoms with van der Waals surface area (Å²) in [6.45, 7) is 0.475. The highest BCUT2D eigenvalue weighted by Crippen LogP contribution is 2.32. The van der Waals surface area contributed by atoms with Gasteiger partial charge in [0.1, 0.15) is 5.82 Å². The van der Waals surface area contributed by atoms with Gasteiger partial charge in [-0.2, -0.15) is 5.10 Å². The molecule has 1 aromatic carbocycles. The minimum absolute atomic E-state index is 0.160. The third-order valence-corrected chi connectivity index (χ3v) is 3.93. The van der Waals surface area contributed by atoms with Gasteiger partial charge < -0.3 is 22.0 Å². The lowest BCUT2D eigenvalue weighted by atomic mass is 9.99. The number of hydrogen-bond donors (Lipinski definition) is 5. The van der Waals surface area contributed by atoms with Gasteiger partial charge in [-0.3, -0.25) is 4.68 Å². The van der Waals surface area contributed by atoms with Gasteiger partial charge in [0.2, 0.25) is 0 Å². The fourth-order valence-corrected chi connectivity index (χ4v) is 2.74.